The topological polar surface area (TPSA) is 84.9 Å². The van der Waals surface area contributed by atoms with Gasteiger partial charge >= 0.3 is 5.97 Å². The Bertz CT molecular complexity index is 493. The fraction of sp³-hybridized carbons (Fsp3) is 0.467. The standard InChI is InChI=1S/C15H19NO5/c1-10(15(18)19)16-14(17)11-4-6-12(7-5-11)21-9-13-3-2-8-20-13/h4-7,10,13H,2-3,8-9H2,1H3,(H,16,17)(H,18,19). The molecule has 1 fully saturated rings. The molecule has 0 saturated carbocycles. The van der Waals surface area contributed by atoms with Crippen LogP contribution in [0.4, 0.5) is 0 Å². The number of carboxylic acid groups (broad SMARTS) is 1. The Morgan fingerprint density at radius 2 is 2.14 bits per heavy atom. The van der Waals surface area contributed by atoms with Gasteiger partial charge in [-0.15, -0.1) is 0 Å². The van der Waals surface area contributed by atoms with Crippen molar-refractivity contribution in [3.05, 3.63) is 29.8 Å². The number of ether oxygens (including phenoxy) is 2. The Balaban J connectivity index is 1.85. The molecule has 1 aromatic carbocycles. The van der Waals surface area contributed by atoms with Gasteiger partial charge in [0.05, 0.1) is 6.10 Å². The van der Waals surface area contributed by atoms with Crippen molar-refractivity contribution < 1.29 is 24.2 Å². The zero-order chi connectivity index (χ0) is 15.2. The number of hydrogen-bond acceptors (Lipinski definition) is 4. The predicted molar refractivity (Wildman–Crippen MR) is 75.5 cm³/mol. The highest BCUT2D eigenvalue weighted by Gasteiger charge is 2.17. The van der Waals surface area contributed by atoms with Gasteiger partial charge < -0.3 is 19.9 Å². The molecular formula is C15H19NO5. The predicted octanol–water partition coefficient (Wildman–Crippen LogP) is 1.45. The molecule has 0 aromatic heterocycles. The van der Waals surface area contributed by atoms with Crippen LogP contribution in [0, 0.1) is 0 Å². The second kappa shape index (κ2) is 7.08. The number of carbonyl (C=O) groups excluding carboxylic acids is 1. The SMILES string of the molecule is CC(NC(=O)c1ccc(OCC2CCCO2)cc1)C(=O)O. The molecular weight excluding hydrogens is 274 g/mol. The smallest absolute Gasteiger partial charge is 0.325 e. The molecule has 0 spiro atoms. The lowest BCUT2D eigenvalue weighted by Crippen LogP contribution is -2.38. The minimum atomic E-state index is -1.07. The van der Waals surface area contributed by atoms with Gasteiger partial charge in [0.15, 0.2) is 0 Å². The van der Waals surface area contributed by atoms with Crippen molar-refractivity contribution in [1.29, 1.82) is 0 Å². The largest absolute Gasteiger partial charge is 0.491 e. The van der Waals surface area contributed by atoms with E-state index < -0.39 is 17.9 Å². The van der Waals surface area contributed by atoms with Gasteiger partial charge in [-0.05, 0) is 44.0 Å². The molecule has 2 unspecified atom stereocenters. The summed E-state index contributed by atoms with van der Waals surface area (Å²) in [6.07, 6.45) is 2.21. The highest BCUT2D eigenvalue weighted by atomic mass is 16.5. The van der Waals surface area contributed by atoms with Gasteiger partial charge in [-0.1, -0.05) is 0 Å². The normalized spacial score (nSPS) is 19.0. The van der Waals surface area contributed by atoms with Crippen molar-refractivity contribution in [2.24, 2.45) is 0 Å². The Kier molecular flexibility index (Phi) is 5.16. The third-order valence-electron chi connectivity index (χ3n) is 3.29. The molecule has 0 aliphatic carbocycles. The molecule has 1 aromatic rings. The van der Waals surface area contributed by atoms with E-state index in [1.54, 1.807) is 24.3 Å². The van der Waals surface area contributed by atoms with Gasteiger partial charge in [-0.2, -0.15) is 0 Å². The maximum Gasteiger partial charge on any atom is 0.325 e. The summed E-state index contributed by atoms with van der Waals surface area (Å²) in [7, 11) is 0. The second-order valence-corrected chi connectivity index (χ2v) is 5.00. The lowest BCUT2D eigenvalue weighted by molar-refractivity contribution is -0.138. The van der Waals surface area contributed by atoms with Gasteiger partial charge in [-0.3, -0.25) is 9.59 Å². The molecule has 1 amide bonds. The molecule has 1 aliphatic heterocycles. The molecule has 1 saturated heterocycles. The van der Waals surface area contributed by atoms with Crippen molar-refractivity contribution in [3.63, 3.8) is 0 Å². The third-order valence-corrected chi connectivity index (χ3v) is 3.29. The summed E-state index contributed by atoms with van der Waals surface area (Å²) in [5.41, 5.74) is 0.396. The average Bonchev–Trinajstić information content (AvgIpc) is 2.98. The van der Waals surface area contributed by atoms with Crippen molar-refractivity contribution in [2.75, 3.05) is 13.2 Å². The highest BCUT2D eigenvalue weighted by Crippen LogP contribution is 2.16. The fourth-order valence-electron chi connectivity index (χ4n) is 2.01. The summed E-state index contributed by atoms with van der Waals surface area (Å²) in [6.45, 7) is 2.70. The lowest BCUT2D eigenvalue weighted by atomic mass is 10.2. The van der Waals surface area contributed by atoms with Crippen LogP contribution in [0.15, 0.2) is 24.3 Å². The van der Waals surface area contributed by atoms with E-state index in [2.05, 4.69) is 5.32 Å². The molecule has 2 N–H and O–H groups in total. The molecule has 1 heterocycles. The summed E-state index contributed by atoms with van der Waals surface area (Å²) < 4.78 is 11.1. The molecule has 2 rings (SSSR count). The third kappa shape index (κ3) is 4.46. The highest BCUT2D eigenvalue weighted by molar-refractivity contribution is 5.96. The van der Waals surface area contributed by atoms with Crippen LogP contribution < -0.4 is 10.1 Å². The fourth-order valence-corrected chi connectivity index (χ4v) is 2.01. The zero-order valence-corrected chi connectivity index (χ0v) is 11.9. The van der Waals surface area contributed by atoms with E-state index in [0.717, 1.165) is 19.4 Å². The summed E-state index contributed by atoms with van der Waals surface area (Å²) in [5.74, 6) is -0.830. The number of aliphatic carboxylic acids is 1. The number of hydrogen-bond donors (Lipinski definition) is 2. The van der Waals surface area contributed by atoms with Gasteiger partial charge in [0.1, 0.15) is 18.4 Å². The molecule has 1 aliphatic rings. The van der Waals surface area contributed by atoms with Crippen molar-refractivity contribution in [2.45, 2.75) is 31.9 Å². The molecule has 0 radical (unpaired) electrons. The molecule has 21 heavy (non-hydrogen) atoms. The Hall–Kier alpha value is -2.08. The zero-order valence-electron chi connectivity index (χ0n) is 11.9. The van der Waals surface area contributed by atoms with Gasteiger partial charge in [0.2, 0.25) is 0 Å². The molecule has 2 atom stereocenters. The first-order valence-electron chi connectivity index (χ1n) is 6.94. The van der Waals surface area contributed by atoms with Crippen molar-refractivity contribution >= 4 is 11.9 Å². The van der Waals surface area contributed by atoms with Crippen LogP contribution in [0.3, 0.4) is 0 Å². The minimum absolute atomic E-state index is 0.143. The Morgan fingerprint density at radius 3 is 2.71 bits per heavy atom. The van der Waals surface area contributed by atoms with Gasteiger partial charge in [0.25, 0.3) is 5.91 Å². The second-order valence-electron chi connectivity index (χ2n) is 5.00. The monoisotopic (exact) mass is 293 g/mol. The maximum absolute atomic E-state index is 11.8. The number of carbonyl (C=O) groups is 2. The average molecular weight is 293 g/mol. The van der Waals surface area contributed by atoms with E-state index in [1.807, 2.05) is 0 Å². The van der Waals surface area contributed by atoms with Crippen LogP contribution in [0.25, 0.3) is 0 Å². The van der Waals surface area contributed by atoms with Crippen LogP contribution in [-0.4, -0.2) is 42.3 Å². The van der Waals surface area contributed by atoms with E-state index >= 15 is 0 Å². The van der Waals surface area contributed by atoms with Crippen molar-refractivity contribution in [1.82, 2.24) is 5.32 Å². The van der Waals surface area contributed by atoms with Crippen LogP contribution in [0.5, 0.6) is 5.75 Å². The summed E-state index contributed by atoms with van der Waals surface area (Å²) in [5, 5.41) is 11.1. The lowest BCUT2D eigenvalue weighted by Gasteiger charge is -2.12. The van der Waals surface area contributed by atoms with E-state index in [4.69, 9.17) is 14.6 Å². The first kappa shape index (κ1) is 15.3. The Labute approximate surface area is 123 Å². The van der Waals surface area contributed by atoms with Crippen molar-refractivity contribution in [3.8, 4) is 5.75 Å². The number of amides is 1. The summed E-state index contributed by atoms with van der Waals surface area (Å²) in [6, 6.07) is 5.67. The first-order valence-corrected chi connectivity index (χ1v) is 6.94. The summed E-state index contributed by atoms with van der Waals surface area (Å²) >= 11 is 0. The molecule has 6 nitrogen and oxygen atoms in total. The number of carboxylic acids is 1. The van der Waals surface area contributed by atoms with E-state index in [-0.39, 0.29) is 6.10 Å². The first-order chi connectivity index (χ1) is 10.1. The molecule has 6 heteroatoms. The van der Waals surface area contributed by atoms with E-state index in [9.17, 15) is 9.59 Å². The molecule has 114 valence electrons. The molecule has 0 bridgehead atoms. The van der Waals surface area contributed by atoms with Crippen LogP contribution in [-0.2, 0) is 9.53 Å². The van der Waals surface area contributed by atoms with Crippen LogP contribution in [0.1, 0.15) is 30.1 Å². The van der Waals surface area contributed by atoms with Crippen LogP contribution >= 0.6 is 0 Å². The number of benzene rings is 1. The van der Waals surface area contributed by atoms with Gasteiger partial charge in [0, 0.05) is 12.2 Å². The minimum Gasteiger partial charge on any atom is -0.491 e. The van der Waals surface area contributed by atoms with Crippen LogP contribution in [0.2, 0.25) is 0 Å². The van der Waals surface area contributed by atoms with E-state index in [1.165, 1.54) is 6.92 Å². The quantitative estimate of drug-likeness (QED) is 0.829. The van der Waals surface area contributed by atoms with Gasteiger partial charge in [-0.25, -0.2) is 0 Å². The summed E-state index contributed by atoms with van der Waals surface area (Å²) in [4.78, 5) is 22.5. The maximum atomic E-state index is 11.8. The number of nitrogens with one attached hydrogen (secondary N) is 1. The van der Waals surface area contributed by atoms with E-state index in [0.29, 0.717) is 17.9 Å². The Morgan fingerprint density at radius 1 is 1.43 bits per heavy atom. The number of rotatable bonds is 6.